The average Bonchev–Trinajstić information content (AvgIpc) is 2.92. The monoisotopic (exact) mass is 411 g/mol. The Kier molecular flexibility index (Phi) is 4.08. The maximum absolute atomic E-state index is 12.6. The van der Waals surface area contributed by atoms with Gasteiger partial charge in [0.25, 0.3) is 5.91 Å². The molecule has 1 amide bonds. The van der Waals surface area contributed by atoms with E-state index in [1.54, 1.807) is 22.9 Å². The first-order valence-electron chi connectivity index (χ1n) is 7.45. The second-order valence-electron chi connectivity index (χ2n) is 6.85. The van der Waals surface area contributed by atoms with Gasteiger partial charge in [0.2, 0.25) is 0 Å². The van der Waals surface area contributed by atoms with E-state index in [2.05, 4.69) is 26.3 Å². The number of halogens is 1. The number of sulfone groups is 1. The SMILES string of the molecule is CC(C)(C)n1nc2c(c1NC(=O)c1cccc(Br)c1)CS(=O)(=O)C2. The maximum Gasteiger partial charge on any atom is 0.256 e. The fourth-order valence-corrected chi connectivity index (χ4v) is 4.56. The van der Waals surface area contributed by atoms with Gasteiger partial charge in [-0.15, -0.1) is 0 Å². The van der Waals surface area contributed by atoms with Crippen LogP contribution in [0.4, 0.5) is 5.82 Å². The van der Waals surface area contributed by atoms with E-state index in [4.69, 9.17) is 0 Å². The Balaban J connectivity index is 2.02. The van der Waals surface area contributed by atoms with Crippen LogP contribution in [0.5, 0.6) is 0 Å². The van der Waals surface area contributed by atoms with Crippen molar-refractivity contribution >= 4 is 37.5 Å². The smallest absolute Gasteiger partial charge is 0.256 e. The summed E-state index contributed by atoms with van der Waals surface area (Å²) in [6.45, 7) is 5.87. The number of hydrogen-bond donors (Lipinski definition) is 1. The number of amides is 1. The van der Waals surface area contributed by atoms with Crippen molar-refractivity contribution in [2.75, 3.05) is 5.32 Å². The molecule has 0 radical (unpaired) electrons. The van der Waals surface area contributed by atoms with Crippen LogP contribution in [0.3, 0.4) is 0 Å². The van der Waals surface area contributed by atoms with E-state index in [1.165, 1.54) is 0 Å². The number of anilines is 1. The molecule has 0 unspecified atom stereocenters. The van der Waals surface area contributed by atoms with Crippen LogP contribution in [0.2, 0.25) is 0 Å². The molecule has 1 aliphatic rings. The molecule has 0 saturated carbocycles. The van der Waals surface area contributed by atoms with Crippen LogP contribution in [0, 0.1) is 0 Å². The van der Waals surface area contributed by atoms with Gasteiger partial charge >= 0.3 is 0 Å². The quantitative estimate of drug-likeness (QED) is 0.822. The molecule has 0 saturated heterocycles. The minimum atomic E-state index is -3.19. The number of nitrogens with one attached hydrogen (secondary N) is 1. The number of benzene rings is 1. The molecule has 1 aliphatic heterocycles. The topological polar surface area (TPSA) is 81.1 Å². The van der Waals surface area contributed by atoms with E-state index in [9.17, 15) is 13.2 Å². The van der Waals surface area contributed by atoms with E-state index >= 15 is 0 Å². The van der Waals surface area contributed by atoms with Crippen molar-refractivity contribution in [1.82, 2.24) is 9.78 Å². The minimum Gasteiger partial charge on any atom is -0.306 e. The molecule has 0 aliphatic carbocycles. The fraction of sp³-hybridized carbons (Fsp3) is 0.375. The summed E-state index contributed by atoms with van der Waals surface area (Å²) in [5.74, 6) is -0.00476. The molecular formula is C16H18BrN3O3S. The van der Waals surface area contributed by atoms with Gasteiger partial charge in [-0.25, -0.2) is 13.1 Å². The third-order valence-corrected chi connectivity index (χ3v) is 5.68. The minimum absolute atomic E-state index is 0.0782. The largest absolute Gasteiger partial charge is 0.306 e. The summed E-state index contributed by atoms with van der Waals surface area (Å²) in [6.07, 6.45) is 0. The number of carbonyl (C=O) groups is 1. The predicted octanol–water partition coefficient (Wildman–Crippen LogP) is 3.08. The van der Waals surface area contributed by atoms with Gasteiger partial charge in [0.05, 0.1) is 22.7 Å². The molecule has 1 aromatic carbocycles. The van der Waals surface area contributed by atoms with Crippen LogP contribution >= 0.6 is 15.9 Å². The normalized spacial score (nSPS) is 16.0. The first-order valence-corrected chi connectivity index (χ1v) is 10.1. The second kappa shape index (κ2) is 5.70. The van der Waals surface area contributed by atoms with Crippen molar-refractivity contribution in [1.29, 1.82) is 0 Å². The number of fused-ring (bicyclic) bond motifs is 1. The summed E-state index contributed by atoms with van der Waals surface area (Å²) >= 11 is 3.34. The average molecular weight is 412 g/mol. The Morgan fingerprint density at radius 2 is 2.00 bits per heavy atom. The molecule has 24 heavy (non-hydrogen) atoms. The van der Waals surface area contributed by atoms with Crippen LogP contribution in [-0.2, 0) is 26.9 Å². The van der Waals surface area contributed by atoms with Gasteiger partial charge in [-0.3, -0.25) is 4.79 Å². The lowest BCUT2D eigenvalue weighted by Crippen LogP contribution is -2.27. The molecule has 6 nitrogen and oxygen atoms in total. The Hall–Kier alpha value is -1.67. The van der Waals surface area contributed by atoms with Crippen molar-refractivity contribution in [2.45, 2.75) is 37.8 Å². The standard InChI is InChI=1S/C16H18BrN3O3S/c1-16(2,3)20-14(12-8-24(22,23)9-13(12)19-20)18-15(21)10-5-4-6-11(17)7-10/h4-7H,8-9H2,1-3H3,(H,18,21). The van der Waals surface area contributed by atoms with Gasteiger partial charge in [0, 0.05) is 15.6 Å². The highest BCUT2D eigenvalue weighted by molar-refractivity contribution is 9.10. The second-order valence-corrected chi connectivity index (χ2v) is 9.83. The van der Waals surface area contributed by atoms with Crippen molar-refractivity contribution in [3.8, 4) is 0 Å². The van der Waals surface area contributed by atoms with Gasteiger partial charge in [-0.2, -0.15) is 5.10 Å². The number of nitrogens with zero attached hydrogens (tertiary/aromatic N) is 2. The highest BCUT2D eigenvalue weighted by Gasteiger charge is 2.35. The third kappa shape index (κ3) is 3.25. The molecule has 8 heteroatoms. The lowest BCUT2D eigenvalue weighted by molar-refractivity contribution is 0.102. The summed E-state index contributed by atoms with van der Waals surface area (Å²) in [5.41, 5.74) is 1.22. The van der Waals surface area contributed by atoms with Gasteiger partial charge in [0.15, 0.2) is 9.84 Å². The van der Waals surface area contributed by atoms with Gasteiger partial charge in [-0.1, -0.05) is 22.0 Å². The zero-order valence-corrected chi connectivity index (χ0v) is 16.0. The molecule has 0 fully saturated rings. The molecule has 2 aromatic rings. The maximum atomic E-state index is 12.6. The van der Waals surface area contributed by atoms with Gasteiger partial charge in [0.1, 0.15) is 5.82 Å². The number of carbonyl (C=O) groups excluding carboxylic acids is 1. The lowest BCUT2D eigenvalue weighted by atomic mass is 10.1. The van der Waals surface area contributed by atoms with Crippen LogP contribution < -0.4 is 5.32 Å². The number of rotatable bonds is 2. The lowest BCUT2D eigenvalue weighted by Gasteiger charge is -2.23. The summed E-state index contributed by atoms with van der Waals surface area (Å²) in [5, 5.41) is 7.29. The Labute approximate surface area is 149 Å². The van der Waals surface area contributed by atoms with E-state index < -0.39 is 9.84 Å². The molecule has 0 atom stereocenters. The molecule has 2 heterocycles. The first kappa shape index (κ1) is 17.2. The molecule has 0 spiro atoms. The van der Waals surface area contributed by atoms with E-state index in [0.717, 1.165) is 4.47 Å². The number of aromatic nitrogens is 2. The predicted molar refractivity (Wildman–Crippen MR) is 95.6 cm³/mol. The van der Waals surface area contributed by atoms with Crippen LogP contribution in [-0.4, -0.2) is 24.1 Å². The molecule has 3 rings (SSSR count). The Morgan fingerprint density at radius 3 is 2.62 bits per heavy atom. The molecular weight excluding hydrogens is 394 g/mol. The first-order chi connectivity index (χ1) is 11.1. The van der Waals surface area contributed by atoms with Crippen molar-refractivity contribution in [2.24, 2.45) is 0 Å². The van der Waals surface area contributed by atoms with Gasteiger partial charge in [-0.05, 0) is 39.0 Å². The van der Waals surface area contributed by atoms with E-state index in [0.29, 0.717) is 22.6 Å². The van der Waals surface area contributed by atoms with Crippen molar-refractivity contribution in [3.05, 3.63) is 45.6 Å². The summed E-state index contributed by atoms with van der Waals surface area (Å²) in [7, 11) is -3.19. The van der Waals surface area contributed by atoms with Gasteiger partial charge < -0.3 is 5.32 Å². The Bertz CT molecular complexity index is 927. The molecule has 1 aromatic heterocycles. The highest BCUT2D eigenvalue weighted by atomic mass is 79.9. The zero-order chi connectivity index (χ0) is 17.7. The summed E-state index contributed by atoms with van der Waals surface area (Å²) < 4.78 is 26.3. The molecule has 128 valence electrons. The molecule has 0 bridgehead atoms. The third-order valence-electron chi connectivity index (χ3n) is 3.74. The van der Waals surface area contributed by atoms with Crippen LogP contribution in [0.25, 0.3) is 0 Å². The molecule has 1 N–H and O–H groups in total. The van der Waals surface area contributed by atoms with Crippen molar-refractivity contribution < 1.29 is 13.2 Å². The van der Waals surface area contributed by atoms with E-state index in [-0.39, 0.29) is 23.0 Å². The Morgan fingerprint density at radius 1 is 1.29 bits per heavy atom. The summed E-state index contributed by atoms with van der Waals surface area (Å²) in [6, 6.07) is 7.02. The van der Waals surface area contributed by atoms with Crippen LogP contribution in [0.15, 0.2) is 28.7 Å². The van der Waals surface area contributed by atoms with E-state index in [1.807, 2.05) is 26.8 Å². The fourth-order valence-electron chi connectivity index (χ4n) is 2.67. The summed E-state index contributed by atoms with van der Waals surface area (Å²) in [4.78, 5) is 12.6. The number of hydrogen-bond acceptors (Lipinski definition) is 4. The van der Waals surface area contributed by atoms with Crippen LogP contribution in [0.1, 0.15) is 42.4 Å². The zero-order valence-electron chi connectivity index (χ0n) is 13.6. The highest BCUT2D eigenvalue weighted by Crippen LogP contribution is 2.34. The van der Waals surface area contributed by atoms with Crippen molar-refractivity contribution in [3.63, 3.8) is 0 Å².